The lowest BCUT2D eigenvalue weighted by Gasteiger charge is -2.37. The average molecular weight is 388 g/mol. The minimum Gasteiger partial charge on any atom is -0.479 e. The molecule has 2 unspecified atom stereocenters. The zero-order chi connectivity index (χ0) is 19.6. The van der Waals surface area contributed by atoms with E-state index in [1.165, 1.54) is 4.90 Å². The molecular weight excluding hydrogens is 364 g/mol. The van der Waals surface area contributed by atoms with Gasteiger partial charge >= 0.3 is 5.97 Å². The zero-order valence-electron chi connectivity index (χ0n) is 16.0. The normalized spacial score (nSPS) is 17.3. The number of carbonyl (C=O) groups excluding carboxylic acids is 2. The van der Waals surface area contributed by atoms with Crippen LogP contribution in [0.2, 0.25) is 0 Å². The van der Waals surface area contributed by atoms with Gasteiger partial charge in [-0.25, -0.2) is 9.78 Å². The molecule has 1 aromatic heterocycles. The van der Waals surface area contributed by atoms with Gasteiger partial charge in [0.2, 0.25) is 0 Å². The number of amides is 1. The highest BCUT2D eigenvalue weighted by Gasteiger charge is 2.39. The van der Waals surface area contributed by atoms with E-state index < -0.39 is 12.1 Å². The fourth-order valence-corrected chi connectivity index (χ4v) is 3.71. The molecule has 1 aliphatic heterocycles. The summed E-state index contributed by atoms with van der Waals surface area (Å²) in [6.45, 7) is 7.80. The molecule has 0 aliphatic carbocycles. The van der Waals surface area contributed by atoms with Crippen molar-refractivity contribution in [1.82, 2.24) is 4.98 Å². The van der Waals surface area contributed by atoms with Gasteiger partial charge < -0.3 is 9.47 Å². The van der Waals surface area contributed by atoms with Gasteiger partial charge in [-0.1, -0.05) is 13.8 Å². The molecule has 6 nitrogen and oxygen atoms in total. The minimum atomic E-state index is -0.679. The summed E-state index contributed by atoms with van der Waals surface area (Å²) in [6, 6.07) is 4.94. The topological polar surface area (TPSA) is 68.7 Å². The summed E-state index contributed by atoms with van der Waals surface area (Å²) in [4.78, 5) is 31.5. The van der Waals surface area contributed by atoms with E-state index >= 15 is 0 Å². The molecule has 0 bridgehead atoms. The van der Waals surface area contributed by atoms with Crippen molar-refractivity contribution in [3.05, 3.63) is 28.6 Å². The molecule has 1 aliphatic rings. The number of ether oxygens (including phenoxy) is 2. The van der Waals surface area contributed by atoms with Crippen molar-refractivity contribution in [1.29, 1.82) is 0 Å². The lowest BCUT2D eigenvalue weighted by molar-refractivity contribution is -0.147. The molecule has 2 aromatic rings. The van der Waals surface area contributed by atoms with Crippen LogP contribution in [0.4, 0.5) is 5.69 Å². The molecule has 7 heteroatoms. The van der Waals surface area contributed by atoms with E-state index in [2.05, 4.69) is 4.98 Å². The number of carbonyl (C=O) groups is 2. The Kier molecular flexibility index (Phi) is 5.79. The third-order valence-electron chi connectivity index (χ3n) is 4.44. The molecular formula is C20H24N2O4S. The van der Waals surface area contributed by atoms with Crippen molar-refractivity contribution in [2.75, 3.05) is 11.5 Å². The number of rotatable bonds is 6. The largest absolute Gasteiger partial charge is 0.479 e. The van der Waals surface area contributed by atoms with Crippen LogP contribution in [0.15, 0.2) is 23.6 Å². The highest BCUT2D eigenvalue weighted by Crippen LogP contribution is 2.39. The molecule has 0 spiro atoms. The van der Waals surface area contributed by atoms with Crippen molar-refractivity contribution in [2.24, 2.45) is 0 Å². The van der Waals surface area contributed by atoms with Crippen molar-refractivity contribution in [3.8, 4) is 17.0 Å². The van der Waals surface area contributed by atoms with Crippen LogP contribution in [0.5, 0.6) is 5.75 Å². The summed E-state index contributed by atoms with van der Waals surface area (Å²) in [7, 11) is 0. The molecule has 0 N–H and O–H groups in total. The Hall–Kier alpha value is -2.41. The number of hydrogen-bond donors (Lipinski definition) is 0. The molecule has 27 heavy (non-hydrogen) atoms. The number of aryl methyl sites for hydroxylation is 1. The summed E-state index contributed by atoms with van der Waals surface area (Å²) < 4.78 is 11.1. The van der Waals surface area contributed by atoms with Gasteiger partial charge in [-0.05, 0) is 44.9 Å². The lowest BCUT2D eigenvalue weighted by atomic mass is 10.0. The first-order valence-corrected chi connectivity index (χ1v) is 10.1. The first kappa shape index (κ1) is 19.4. The Balaban J connectivity index is 2.03. The molecule has 0 saturated heterocycles. The smallest absolute Gasteiger partial charge is 0.329 e. The number of benzene rings is 1. The predicted molar refractivity (Wildman–Crippen MR) is 105 cm³/mol. The van der Waals surface area contributed by atoms with Crippen LogP contribution in [-0.4, -0.2) is 35.6 Å². The van der Waals surface area contributed by atoms with Gasteiger partial charge in [-0.3, -0.25) is 9.69 Å². The van der Waals surface area contributed by atoms with E-state index in [1.54, 1.807) is 18.3 Å². The number of esters is 1. The van der Waals surface area contributed by atoms with Crippen LogP contribution in [0.25, 0.3) is 11.3 Å². The quantitative estimate of drug-likeness (QED) is 0.701. The van der Waals surface area contributed by atoms with E-state index in [1.807, 2.05) is 44.4 Å². The van der Waals surface area contributed by atoms with Crippen LogP contribution >= 0.6 is 11.3 Å². The standard InChI is InChI=1S/C20H24N2O4S/c1-5-9-25-20(24)16(6-2)22-17-10-14(15-11-27-13(4)21-15)7-8-18(17)26-12(3)19(22)23/h7-8,10-12,16H,5-6,9H2,1-4H3. The highest BCUT2D eigenvalue weighted by atomic mass is 32.1. The molecule has 144 valence electrons. The number of thiazole rings is 1. The first-order valence-electron chi connectivity index (χ1n) is 9.19. The monoisotopic (exact) mass is 388 g/mol. The molecule has 2 atom stereocenters. The zero-order valence-corrected chi connectivity index (χ0v) is 16.8. The van der Waals surface area contributed by atoms with Crippen molar-refractivity contribution in [2.45, 2.75) is 52.7 Å². The molecule has 3 rings (SSSR count). The van der Waals surface area contributed by atoms with Crippen LogP contribution < -0.4 is 9.64 Å². The Bertz CT molecular complexity index is 848. The molecule has 1 aromatic carbocycles. The fraction of sp³-hybridized carbons (Fsp3) is 0.450. The molecule has 0 fully saturated rings. The maximum Gasteiger partial charge on any atom is 0.329 e. The van der Waals surface area contributed by atoms with Crippen LogP contribution in [0.3, 0.4) is 0 Å². The van der Waals surface area contributed by atoms with E-state index in [-0.39, 0.29) is 11.9 Å². The van der Waals surface area contributed by atoms with E-state index in [4.69, 9.17) is 9.47 Å². The van der Waals surface area contributed by atoms with Gasteiger partial charge in [0.1, 0.15) is 11.8 Å². The summed E-state index contributed by atoms with van der Waals surface area (Å²) in [6.07, 6.45) is 0.540. The van der Waals surface area contributed by atoms with E-state index in [0.717, 1.165) is 22.7 Å². The van der Waals surface area contributed by atoms with E-state index in [0.29, 0.717) is 24.5 Å². The number of anilines is 1. The van der Waals surface area contributed by atoms with Gasteiger partial charge in [-0.2, -0.15) is 0 Å². The number of nitrogens with zero attached hydrogens (tertiary/aromatic N) is 2. The van der Waals surface area contributed by atoms with Gasteiger partial charge in [0.25, 0.3) is 5.91 Å². The second-order valence-corrected chi connectivity index (χ2v) is 7.56. The summed E-state index contributed by atoms with van der Waals surface area (Å²) in [5.74, 6) is -0.0448. The Morgan fingerprint density at radius 1 is 1.41 bits per heavy atom. The Labute approximate surface area is 163 Å². The third-order valence-corrected chi connectivity index (χ3v) is 5.21. The van der Waals surface area contributed by atoms with E-state index in [9.17, 15) is 9.59 Å². The molecule has 0 radical (unpaired) electrons. The third kappa shape index (κ3) is 3.83. The number of fused-ring (bicyclic) bond motifs is 1. The average Bonchev–Trinajstić information content (AvgIpc) is 3.09. The van der Waals surface area contributed by atoms with Crippen LogP contribution in [0.1, 0.15) is 38.6 Å². The second-order valence-electron chi connectivity index (χ2n) is 6.49. The van der Waals surface area contributed by atoms with Crippen molar-refractivity contribution >= 4 is 28.9 Å². The van der Waals surface area contributed by atoms with Crippen LogP contribution in [-0.2, 0) is 14.3 Å². The predicted octanol–water partition coefficient (Wildman–Crippen LogP) is 3.96. The highest BCUT2D eigenvalue weighted by molar-refractivity contribution is 7.09. The minimum absolute atomic E-state index is 0.241. The molecule has 1 amide bonds. The summed E-state index contributed by atoms with van der Waals surface area (Å²) in [5, 5.41) is 2.94. The second kappa shape index (κ2) is 8.08. The maximum absolute atomic E-state index is 12.9. The van der Waals surface area contributed by atoms with Crippen molar-refractivity contribution in [3.63, 3.8) is 0 Å². The fourth-order valence-electron chi connectivity index (χ4n) is 3.09. The summed E-state index contributed by atoms with van der Waals surface area (Å²) >= 11 is 1.57. The Morgan fingerprint density at radius 3 is 2.81 bits per heavy atom. The SMILES string of the molecule is CCCOC(=O)C(CC)N1C(=O)C(C)Oc2ccc(-c3csc(C)n3)cc21. The van der Waals surface area contributed by atoms with Gasteiger partial charge in [0.05, 0.1) is 23.0 Å². The maximum atomic E-state index is 12.9. The number of aromatic nitrogens is 1. The van der Waals surface area contributed by atoms with Crippen molar-refractivity contribution < 1.29 is 19.1 Å². The van der Waals surface area contributed by atoms with Crippen LogP contribution in [0, 0.1) is 6.92 Å². The lowest BCUT2D eigenvalue weighted by Crippen LogP contribution is -2.53. The molecule has 0 saturated carbocycles. The number of hydrogen-bond acceptors (Lipinski definition) is 6. The van der Waals surface area contributed by atoms with Gasteiger partial charge in [0, 0.05) is 10.9 Å². The van der Waals surface area contributed by atoms with Gasteiger partial charge in [0.15, 0.2) is 6.10 Å². The Morgan fingerprint density at radius 2 is 2.19 bits per heavy atom. The van der Waals surface area contributed by atoms with Gasteiger partial charge in [-0.15, -0.1) is 11.3 Å². The first-order chi connectivity index (χ1) is 13.0. The molecule has 2 heterocycles. The summed E-state index contributed by atoms with van der Waals surface area (Å²) in [5.41, 5.74) is 2.31.